The molecule has 1 aromatic rings. The SMILES string of the molecule is CCCN(CCC)c1ccc(C=O)c(OC)c1. The minimum atomic E-state index is 0.601. The molecule has 0 aliphatic carbocycles. The first-order valence-electron chi connectivity index (χ1n) is 6.15. The predicted molar refractivity (Wildman–Crippen MR) is 71.2 cm³/mol. The third-order valence-corrected chi connectivity index (χ3v) is 2.70. The first-order valence-corrected chi connectivity index (χ1v) is 6.15. The van der Waals surface area contributed by atoms with Crippen molar-refractivity contribution >= 4 is 12.0 Å². The van der Waals surface area contributed by atoms with E-state index in [1.54, 1.807) is 7.11 Å². The fraction of sp³-hybridized carbons (Fsp3) is 0.500. The largest absolute Gasteiger partial charge is 0.496 e. The van der Waals surface area contributed by atoms with Gasteiger partial charge < -0.3 is 9.64 Å². The Morgan fingerprint density at radius 1 is 1.24 bits per heavy atom. The number of rotatable bonds is 7. The minimum absolute atomic E-state index is 0.601. The van der Waals surface area contributed by atoms with E-state index in [0.29, 0.717) is 11.3 Å². The summed E-state index contributed by atoms with van der Waals surface area (Å²) >= 11 is 0. The Bertz CT molecular complexity index is 357. The average Bonchev–Trinajstić information content (AvgIpc) is 2.37. The molecule has 0 aliphatic rings. The van der Waals surface area contributed by atoms with Crippen LogP contribution < -0.4 is 9.64 Å². The highest BCUT2D eigenvalue weighted by Gasteiger charge is 2.08. The standard InChI is InChI=1S/C14H21NO2/c1-4-8-15(9-5-2)13-7-6-12(11-16)14(10-13)17-3/h6-7,10-11H,4-5,8-9H2,1-3H3. The van der Waals surface area contributed by atoms with Crippen molar-refractivity contribution in [1.82, 2.24) is 0 Å². The summed E-state index contributed by atoms with van der Waals surface area (Å²) < 4.78 is 5.23. The number of anilines is 1. The maximum Gasteiger partial charge on any atom is 0.153 e. The Morgan fingerprint density at radius 2 is 1.88 bits per heavy atom. The molecule has 3 nitrogen and oxygen atoms in total. The van der Waals surface area contributed by atoms with E-state index in [1.807, 2.05) is 18.2 Å². The van der Waals surface area contributed by atoms with Crippen LogP contribution in [0.5, 0.6) is 5.75 Å². The topological polar surface area (TPSA) is 29.5 Å². The van der Waals surface area contributed by atoms with Gasteiger partial charge >= 0.3 is 0 Å². The summed E-state index contributed by atoms with van der Waals surface area (Å²) in [6.45, 7) is 6.38. The summed E-state index contributed by atoms with van der Waals surface area (Å²) in [5, 5.41) is 0. The van der Waals surface area contributed by atoms with E-state index in [2.05, 4.69) is 18.7 Å². The Labute approximate surface area is 103 Å². The van der Waals surface area contributed by atoms with Crippen molar-refractivity contribution in [3.8, 4) is 5.75 Å². The van der Waals surface area contributed by atoms with Gasteiger partial charge in [0.05, 0.1) is 12.7 Å². The summed E-state index contributed by atoms with van der Waals surface area (Å²) in [6.07, 6.45) is 3.04. The molecular weight excluding hydrogens is 214 g/mol. The van der Waals surface area contributed by atoms with Gasteiger partial charge in [-0.1, -0.05) is 13.8 Å². The lowest BCUT2D eigenvalue weighted by atomic mass is 10.1. The molecule has 0 aromatic heterocycles. The van der Waals surface area contributed by atoms with Crippen LogP contribution in [0.15, 0.2) is 18.2 Å². The summed E-state index contributed by atoms with van der Waals surface area (Å²) in [5.74, 6) is 0.648. The number of methoxy groups -OCH3 is 1. The quantitative estimate of drug-likeness (QED) is 0.680. The number of ether oxygens (including phenoxy) is 1. The monoisotopic (exact) mass is 235 g/mol. The maximum atomic E-state index is 10.8. The van der Waals surface area contributed by atoms with Crippen LogP contribution >= 0.6 is 0 Å². The molecule has 17 heavy (non-hydrogen) atoms. The third-order valence-electron chi connectivity index (χ3n) is 2.70. The fourth-order valence-corrected chi connectivity index (χ4v) is 1.90. The van der Waals surface area contributed by atoms with Crippen LogP contribution in [0.2, 0.25) is 0 Å². The fourth-order valence-electron chi connectivity index (χ4n) is 1.90. The molecule has 0 radical (unpaired) electrons. The van der Waals surface area contributed by atoms with Gasteiger partial charge in [0.15, 0.2) is 6.29 Å². The van der Waals surface area contributed by atoms with E-state index in [1.165, 1.54) is 0 Å². The number of benzene rings is 1. The van der Waals surface area contributed by atoms with Crippen molar-refractivity contribution < 1.29 is 9.53 Å². The Morgan fingerprint density at radius 3 is 2.35 bits per heavy atom. The average molecular weight is 235 g/mol. The number of hydrogen-bond acceptors (Lipinski definition) is 3. The van der Waals surface area contributed by atoms with E-state index in [-0.39, 0.29) is 0 Å². The summed E-state index contributed by atoms with van der Waals surface area (Å²) in [5.41, 5.74) is 1.72. The first kappa shape index (κ1) is 13.6. The second-order valence-corrected chi connectivity index (χ2v) is 4.03. The Balaban J connectivity index is 2.98. The number of nitrogens with zero attached hydrogens (tertiary/aromatic N) is 1. The smallest absolute Gasteiger partial charge is 0.153 e. The zero-order valence-electron chi connectivity index (χ0n) is 10.9. The lowest BCUT2D eigenvalue weighted by Gasteiger charge is -2.24. The first-order chi connectivity index (χ1) is 8.26. The van der Waals surface area contributed by atoms with Gasteiger partial charge in [0.2, 0.25) is 0 Å². The molecule has 1 aromatic carbocycles. The van der Waals surface area contributed by atoms with Crippen molar-refractivity contribution in [2.24, 2.45) is 0 Å². The lowest BCUT2D eigenvalue weighted by Crippen LogP contribution is -2.24. The van der Waals surface area contributed by atoms with E-state index in [4.69, 9.17) is 4.74 Å². The Hall–Kier alpha value is -1.51. The van der Waals surface area contributed by atoms with Crippen LogP contribution in [0.1, 0.15) is 37.0 Å². The minimum Gasteiger partial charge on any atom is -0.496 e. The maximum absolute atomic E-state index is 10.8. The molecule has 3 heteroatoms. The molecule has 94 valence electrons. The molecule has 0 fully saturated rings. The molecule has 0 heterocycles. The highest BCUT2D eigenvalue weighted by molar-refractivity contribution is 5.80. The number of carbonyl (C=O) groups excluding carboxylic acids is 1. The van der Waals surface area contributed by atoms with Crippen LogP contribution in [0.4, 0.5) is 5.69 Å². The molecule has 1 rings (SSSR count). The molecule has 0 saturated carbocycles. The van der Waals surface area contributed by atoms with Crippen molar-refractivity contribution in [2.75, 3.05) is 25.1 Å². The van der Waals surface area contributed by atoms with Crippen molar-refractivity contribution in [2.45, 2.75) is 26.7 Å². The molecule has 0 bridgehead atoms. The summed E-state index contributed by atoms with van der Waals surface area (Å²) in [7, 11) is 1.59. The second kappa shape index (κ2) is 6.94. The van der Waals surface area contributed by atoms with E-state index in [0.717, 1.165) is 37.9 Å². The normalized spacial score (nSPS) is 10.1. The van der Waals surface area contributed by atoms with Crippen LogP contribution in [-0.2, 0) is 0 Å². The zero-order chi connectivity index (χ0) is 12.7. The van der Waals surface area contributed by atoms with Crippen molar-refractivity contribution in [3.05, 3.63) is 23.8 Å². The molecule has 0 saturated heterocycles. The summed E-state index contributed by atoms with van der Waals surface area (Å²) in [4.78, 5) is 13.1. The lowest BCUT2D eigenvalue weighted by molar-refractivity contribution is 0.112. The van der Waals surface area contributed by atoms with Gasteiger partial charge in [0, 0.05) is 24.8 Å². The van der Waals surface area contributed by atoms with Gasteiger partial charge in [-0.15, -0.1) is 0 Å². The molecule has 0 atom stereocenters. The third kappa shape index (κ3) is 3.48. The van der Waals surface area contributed by atoms with E-state index >= 15 is 0 Å². The van der Waals surface area contributed by atoms with Crippen LogP contribution in [0, 0.1) is 0 Å². The molecule has 0 spiro atoms. The predicted octanol–water partition coefficient (Wildman–Crippen LogP) is 3.13. The van der Waals surface area contributed by atoms with Crippen LogP contribution in [-0.4, -0.2) is 26.5 Å². The number of aldehydes is 1. The van der Waals surface area contributed by atoms with Gasteiger partial charge in [0.1, 0.15) is 5.75 Å². The zero-order valence-corrected chi connectivity index (χ0v) is 10.9. The highest BCUT2D eigenvalue weighted by atomic mass is 16.5. The van der Waals surface area contributed by atoms with E-state index < -0.39 is 0 Å². The Kier molecular flexibility index (Phi) is 5.53. The van der Waals surface area contributed by atoms with Gasteiger partial charge in [-0.25, -0.2) is 0 Å². The van der Waals surface area contributed by atoms with Gasteiger partial charge in [0.25, 0.3) is 0 Å². The second-order valence-electron chi connectivity index (χ2n) is 4.03. The number of hydrogen-bond donors (Lipinski definition) is 0. The number of carbonyl (C=O) groups is 1. The van der Waals surface area contributed by atoms with E-state index in [9.17, 15) is 4.79 Å². The van der Waals surface area contributed by atoms with Gasteiger partial charge in [-0.2, -0.15) is 0 Å². The van der Waals surface area contributed by atoms with Crippen molar-refractivity contribution in [1.29, 1.82) is 0 Å². The highest BCUT2D eigenvalue weighted by Crippen LogP contribution is 2.24. The molecule has 0 unspecified atom stereocenters. The van der Waals surface area contributed by atoms with Crippen LogP contribution in [0.3, 0.4) is 0 Å². The summed E-state index contributed by atoms with van der Waals surface area (Å²) in [6, 6.07) is 5.74. The van der Waals surface area contributed by atoms with Gasteiger partial charge in [-0.3, -0.25) is 4.79 Å². The molecular formula is C14H21NO2. The molecule has 0 amide bonds. The van der Waals surface area contributed by atoms with Crippen LogP contribution in [0.25, 0.3) is 0 Å². The van der Waals surface area contributed by atoms with Gasteiger partial charge in [-0.05, 0) is 25.0 Å². The molecule has 0 N–H and O–H groups in total. The molecule has 0 aliphatic heterocycles. The van der Waals surface area contributed by atoms with Crippen molar-refractivity contribution in [3.63, 3.8) is 0 Å².